The Morgan fingerprint density at radius 1 is 1.12 bits per heavy atom. The molecule has 4 nitrogen and oxygen atoms in total. The number of aryl methyl sites for hydroxylation is 2. The summed E-state index contributed by atoms with van der Waals surface area (Å²) in [7, 11) is 0. The maximum absolute atomic E-state index is 13.7. The number of carbonyl (C=O) groups is 1. The molecule has 0 fully saturated rings. The molecule has 1 atom stereocenters. The SMILES string of the molecule is CC(=O)c1ccc(OCC(O)COc2ccc(C)cc2C)cc1F. The number of Topliss-reactive ketones (excluding diaryl/α,β-unsaturated/α-hetero) is 1. The third-order valence-corrected chi connectivity index (χ3v) is 3.52. The number of hydrogen-bond acceptors (Lipinski definition) is 4. The third kappa shape index (κ3) is 4.80. The molecule has 2 aromatic carbocycles. The zero-order valence-electron chi connectivity index (χ0n) is 14.0. The van der Waals surface area contributed by atoms with E-state index in [1.807, 2.05) is 32.0 Å². The van der Waals surface area contributed by atoms with Gasteiger partial charge in [-0.1, -0.05) is 17.7 Å². The van der Waals surface area contributed by atoms with E-state index in [2.05, 4.69) is 0 Å². The van der Waals surface area contributed by atoms with E-state index >= 15 is 0 Å². The molecule has 0 saturated heterocycles. The Balaban J connectivity index is 1.86. The minimum Gasteiger partial charge on any atom is -0.491 e. The van der Waals surface area contributed by atoms with Crippen LogP contribution < -0.4 is 9.47 Å². The van der Waals surface area contributed by atoms with Crippen LogP contribution >= 0.6 is 0 Å². The molecule has 0 saturated carbocycles. The minimum absolute atomic E-state index is 0.0149. The van der Waals surface area contributed by atoms with Gasteiger partial charge in [0.2, 0.25) is 0 Å². The molecular weight excluding hydrogens is 311 g/mol. The molecule has 0 heterocycles. The van der Waals surface area contributed by atoms with Crippen LogP contribution in [0.25, 0.3) is 0 Å². The predicted octanol–water partition coefficient (Wildman–Crippen LogP) is 3.46. The Hall–Kier alpha value is -2.40. The number of benzene rings is 2. The Kier molecular flexibility index (Phi) is 5.93. The van der Waals surface area contributed by atoms with Gasteiger partial charge in [-0.15, -0.1) is 0 Å². The van der Waals surface area contributed by atoms with E-state index in [0.29, 0.717) is 5.75 Å². The number of aliphatic hydroxyl groups is 1. The molecule has 24 heavy (non-hydrogen) atoms. The van der Waals surface area contributed by atoms with Gasteiger partial charge >= 0.3 is 0 Å². The van der Waals surface area contributed by atoms with Crippen LogP contribution in [0.2, 0.25) is 0 Å². The second-order valence-corrected chi connectivity index (χ2v) is 5.74. The van der Waals surface area contributed by atoms with Gasteiger partial charge < -0.3 is 14.6 Å². The highest BCUT2D eigenvalue weighted by Crippen LogP contribution is 2.20. The first-order chi connectivity index (χ1) is 11.4. The van der Waals surface area contributed by atoms with E-state index in [0.717, 1.165) is 17.2 Å². The van der Waals surface area contributed by atoms with E-state index in [1.54, 1.807) is 0 Å². The second kappa shape index (κ2) is 7.93. The molecule has 128 valence electrons. The van der Waals surface area contributed by atoms with E-state index in [4.69, 9.17) is 9.47 Å². The fourth-order valence-corrected chi connectivity index (χ4v) is 2.26. The Labute approximate surface area is 140 Å². The Bertz CT molecular complexity index is 727. The van der Waals surface area contributed by atoms with Crippen LogP contribution in [0.5, 0.6) is 11.5 Å². The lowest BCUT2D eigenvalue weighted by atomic mass is 10.1. The third-order valence-electron chi connectivity index (χ3n) is 3.52. The lowest BCUT2D eigenvalue weighted by Crippen LogP contribution is -2.25. The standard InChI is InChI=1S/C19H21FO4/c1-12-4-7-19(13(2)8-12)24-11-15(22)10-23-16-5-6-17(14(3)21)18(20)9-16/h4-9,15,22H,10-11H2,1-3H3. The van der Waals surface area contributed by atoms with Crippen LogP contribution in [0, 0.1) is 19.7 Å². The molecule has 5 heteroatoms. The normalized spacial score (nSPS) is 11.9. The minimum atomic E-state index is -0.860. The number of ether oxygens (including phenoxy) is 2. The van der Waals surface area contributed by atoms with E-state index in [1.165, 1.54) is 19.1 Å². The highest BCUT2D eigenvalue weighted by molar-refractivity contribution is 5.94. The van der Waals surface area contributed by atoms with Crippen molar-refractivity contribution >= 4 is 5.78 Å². The van der Waals surface area contributed by atoms with Crippen molar-refractivity contribution in [1.29, 1.82) is 0 Å². The first-order valence-electron chi connectivity index (χ1n) is 7.68. The van der Waals surface area contributed by atoms with Gasteiger partial charge in [-0.2, -0.15) is 0 Å². The largest absolute Gasteiger partial charge is 0.491 e. The monoisotopic (exact) mass is 332 g/mol. The quantitative estimate of drug-likeness (QED) is 0.789. The molecule has 0 aliphatic heterocycles. The molecule has 0 amide bonds. The molecule has 0 spiro atoms. The van der Waals surface area contributed by atoms with Gasteiger partial charge in [0.15, 0.2) is 5.78 Å². The number of aliphatic hydroxyl groups excluding tert-OH is 1. The lowest BCUT2D eigenvalue weighted by Gasteiger charge is -2.15. The van der Waals surface area contributed by atoms with Gasteiger partial charge in [0.25, 0.3) is 0 Å². The highest BCUT2D eigenvalue weighted by atomic mass is 19.1. The van der Waals surface area contributed by atoms with Gasteiger partial charge in [-0.25, -0.2) is 4.39 Å². The Morgan fingerprint density at radius 2 is 1.83 bits per heavy atom. The number of ketones is 1. The zero-order valence-corrected chi connectivity index (χ0v) is 14.0. The van der Waals surface area contributed by atoms with Gasteiger partial charge in [-0.3, -0.25) is 4.79 Å². The van der Waals surface area contributed by atoms with Crippen LogP contribution in [0.3, 0.4) is 0 Å². The summed E-state index contributed by atoms with van der Waals surface area (Å²) in [6.45, 7) is 5.26. The lowest BCUT2D eigenvalue weighted by molar-refractivity contribution is 0.0623. The predicted molar refractivity (Wildman–Crippen MR) is 89.3 cm³/mol. The fourth-order valence-electron chi connectivity index (χ4n) is 2.26. The topological polar surface area (TPSA) is 55.8 Å². The van der Waals surface area contributed by atoms with Crippen molar-refractivity contribution in [2.24, 2.45) is 0 Å². The molecule has 0 bridgehead atoms. The molecule has 2 aromatic rings. The van der Waals surface area contributed by atoms with Gasteiger partial charge in [-0.05, 0) is 44.5 Å². The van der Waals surface area contributed by atoms with Crippen LogP contribution in [0.4, 0.5) is 4.39 Å². The smallest absolute Gasteiger partial charge is 0.162 e. The maximum Gasteiger partial charge on any atom is 0.162 e. The summed E-state index contributed by atoms with van der Waals surface area (Å²) in [5.74, 6) is -0.0263. The fraction of sp³-hybridized carbons (Fsp3) is 0.316. The summed E-state index contributed by atoms with van der Waals surface area (Å²) in [6.07, 6.45) is -0.860. The summed E-state index contributed by atoms with van der Waals surface area (Å²) in [4.78, 5) is 11.2. The van der Waals surface area contributed by atoms with Crippen LogP contribution in [-0.2, 0) is 0 Å². The number of hydrogen-bond donors (Lipinski definition) is 1. The van der Waals surface area contributed by atoms with Crippen molar-refractivity contribution in [1.82, 2.24) is 0 Å². The molecule has 0 radical (unpaired) electrons. The van der Waals surface area contributed by atoms with E-state index in [9.17, 15) is 14.3 Å². The molecule has 1 unspecified atom stereocenters. The summed E-state index contributed by atoms with van der Waals surface area (Å²) in [5, 5.41) is 9.93. The summed E-state index contributed by atoms with van der Waals surface area (Å²) >= 11 is 0. The van der Waals surface area contributed by atoms with Crippen molar-refractivity contribution < 1.29 is 23.8 Å². The van der Waals surface area contributed by atoms with Crippen molar-refractivity contribution in [3.63, 3.8) is 0 Å². The zero-order chi connectivity index (χ0) is 17.7. The van der Waals surface area contributed by atoms with Crippen molar-refractivity contribution in [2.75, 3.05) is 13.2 Å². The summed E-state index contributed by atoms with van der Waals surface area (Å²) in [5.41, 5.74) is 2.14. The van der Waals surface area contributed by atoms with Crippen LogP contribution in [0.15, 0.2) is 36.4 Å². The first-order valence-corrected chi connectivity index (χ1v) is 7.68. The molecule has 2 rings (SSSR count). The summed E-state index contributed by atoms with van der Waals surface area (Å²) in [6, 6.07) is 9.79. The second-order valence-electron chi connectivity index (χ2n) is 5.74. The van der Waals surface area contributed by atoms with Crippen LogP contribution in [-0.4, -0.2) is 30.2 Å². The van der Waals surface area contributed by atoms with Crippen LogP contribution in [0.1, 0.15) is 28.4 Å². The Morgan fingerprint density at radius 3 is 2.46 bits per heavy atom. The van der Waals surface area contributed by atoms with Crippen molar-refractivity contribution in [3.8, 4) is 11.5 Å². The number of rotatable bonds is 7. The summed E-state index contributed by atoms with van der Waals surface area (Å²) < 4.78 is 24.6. The van der Waals surface area contributed by atoms with E-state index < -0.39 is 11.9 Å². The average Bonchev–Trinajstić information content (AvgIpc) is 2.51. The molecule has 0 aliphatic rings. The molecule has 1 N–H and O–H groups in total. The van der Waals surface area contributed by atoms with Gasteiger partial charge in [0, 0.05) is 6.07 Å². The molecular formula is C19H21FO4. The highest BCUT2D eigenvalue weighted by Gasteiger charge is 2.11. The number of halogens is 1. The van der Waals surface area contributed by atoms with Gasteiger partial charge in [0.05, 0.1) is 5.56 Å². The molecule has 0 aromatic heterocycles. The van der Waals surface area contributed by atoms with E-state index in [-0.39, 0.29) is 30.3 Å². The van der Waals surface area contributed by atoms with Gasteiger partial charge in [0.1, 0.15) is 36.6 Å². The van der Waals surface area contributed by atoms with Crippen molar-refractivity contribution in [3.05, 3.63) is 58.9 Å². The maximum atomic E-state index is 13.7. The first kappa shape index (κ1) is 17.9. The number of carbonyl (C=O) groups excluding carboxylic acids is 1. The molecule has 0 aliphatic carbocycles. The van der Waals surface area contributed by atoms with Crippen molar-refractivity contribution in [2.45, 2.75) is 26.9 Å². The average molecular weight is 332 g/mol.